The molecule has 4 heteroatoms. The third-order valence-electron chi connectivity index (χ3n) is 3.93. The minimum Gasteiger partial charge on any atom is -0.478 e. The third kappa shape index (κ3) is 1.82. The van der Waals surface area contributed by atoms with Gasteiger partial charge in [0.15, 0.2) is 0 Å². The van der Waals surface area contributed by atoms with Gasteiger partial charge in [0.05, 0.1) is 11.1 Å². The monoisotopic (exact) mass is 258 g/mol. The van der Waals surface area contributed by atoms with Gasteiger partial charge in [-0.25, -0.2) is 9.78 Å². The number of aromatic carboxylic acids is 1. The Hall–Kier alpha value is -1.84. The van der Waals surface area contributed by atoms with Crippen molar-refractivity contribution in [3.05, 3.63) is 29.6 Å². The van der Waals surface area contributed by atoms with Crippen LogP contribution < -0.4 is 0 Å². The van der Waals surface area contributed by atoms with E-state index in [1.165, 1.54) is 19.3 Å². The first kappa shape index (κ1) is 12.2. The van der Waals surface area contributed by atoms with Crippen LogP contribution in [-0.4, -0.2) is 20.6 Å². The second-order valence-electron chi connectivity index (χ2n) is 5.56. The van der Waals surface area contributed by atoms with Crippen molar-refractivity contribution in [3.63, 3.8) is 0 Å². The fourth-order valence-electron chi connectivity index (χ4n) is 2.74. The van der Waals surface area contributed by atoms with Crippen LogP contribution in [0.25, 0.3) is 11.0 Å². The number of carboxylic acids is 1. The average molecular weight is 258 g/mol. The van der Waals surface area contributed by atoms with Gasteiger partial charge in [-0.15, -0.1) is 0 Å². The largest absolute Gasteiger partial charge is 0.478 e. The highest BCUT2D eigenvalue weighted by Gasteiger charge is 2.27. The Morgan fingerprint density at radius 2 is 2.16 bits per heavy atom. The van der Waals surface area contributed by atoms with Crippen LogP contribution in [0.1, 0.15) is 61.3 Å². The molecule has 1 aliphatic rings. The average Bonchev–Trinajstić information content (AvgIpc) is 2.66. The highest BCUT2D eigenvalue weighted by Crippen LogP contribution is 2.37. The number of carbonyl (C=O) groups is 1. The number of hydrogen-bond acceptors (Lipinski definition) is 2. The molecule has 1 heterocycles. The smallest absolute Gasteiger partial charge is 0.337 e. The fourth-order valence-corrected chi connectivity index (χ4v) is 2.74. The summed E-state index contributed by atoms with van der Waals surface area (Å²) >= 11 is 0. The number of fused-ring (bicyclic) bond motifs is 1. The molecule has 4 nitrogen and oxygen atoms in total. The minimum absolute atomic E-state index is 0.301. The van der Waals surface area contributed by atoms with Crippen molar-refractivity contribution in [2.24, 2.45) is 0 Å². The molecule has 100 valence electrons. The van der Waals surface area contributed by atoms with Crippen LogP contribution in [0.5, 0.6) is 0 Å². The zero-order valence-electron chi connectivity index (χ0n) is 11.3. The Bertz CT molecular complexity index is 639. The summed E-state index contributed by atoms with van der Waals surface area (Å²) in [5, 5.41) is 9.28. The molecule has 19 heavy (non-hydrogen) atoms. The zero-order valence-corrected chi connectivity index (χ0v) is 11.3. The second-order valence-corrected chi connectivity index (χ2v) is 5.56. The molecule has 0 bridgehead atoms. The molecule has 0 radical (unpaired) electrons. The lowest BCUT2D eigenvalue weighted by atomic mass is 9.92. The van der Waals surface area contributed by atoms with Gasteiger partial charge in [0, 0.05) is 12.0 Å². The van der Waals surface area contributed by atoms with E-state index in [-0.39, 0.29) is 0 Å². The molecule has 1 saturated carbocycles. The summed E-state index contributed by atoms with van der Waals surface area (Å²) in [6.07, 6.45) is 3.59. The van der Waals surface area contributed by atoms with Gasteiger partial charge in [-0.05, 0) is 31.4 Å². The number of carboxylic acid groups (broad SMARTS) is 1. The molecule has 1 aliphatic carbocycles. The van der Waals surface area contributed by atoms with Crippen molar-refractivity contribution in [2.45, 2.75) is 45.1 Å². The quantitative estimate of drug-likeness (QED) is 0.915. The summed E-state index contributed by atoms with van der Waals surface area (Å²) in [7, 11) is 0. The van der Waals surface area contributed by atoms with Gasteiger partial charge >= 0.3 is 5.97 Å². The summed E-state index contributed by atoms with van der Waals surface area (Å²) in [6.45, 7) is 4.22. The van der Waals surface area contributed by atoms with Gasteiger partial charge < -0.3 is 9.67 Å². The van der Waals surface area contributed by atoms with E-state index in [2.05, 4.69) is 23.4 Å². The molecule has 3 rings (SSSR count). The zero-order chi connectivity index (χ0) is 13.6. The van der Waals surface area contributed by atoms with Gasteiger partial charge in [-0.3, -0.25) is 0 Å². The highest BCUT2D eigenvalue weighted by molar-refractivity contribution is 6.01. The molecule has 1 aromatic heterocycles. The van der Waals surface area contributed by atoms with Crippen molar-refractivity contribution in [2.75, 3.05) is 0 Å². The number of nitrogens with zero attached hydrogens (tertiary/aromatic N) is 2. The predicted octanol–water partition coefficient (Wildman–Crippen LogP) is 3.58. The van der Waals surface area contributed by atoms with Crippen LogP contribution in [0.2, 0.25) is 0 Å². The molecular formula is C15H18N2O2. The van der Waals surface area contributed by atoms with Gasteiger partial charge in [-0.1, -0.05) is 19.9 Å². The first-order valence-corrected chi connectivity index (χ1v) is 6.83. The SMILES string of the molecule is CC(C)c1nc2c(C(=O)O)cccc2n1C1CCC1. The summed E-state index contributed by atoms with van der Waals surface area (Å²) in [5.74, 6) is 0.405. The molecule has 0 unspecified atom stereocenters. The molecule has 1 fully saturated rings. The van der Waals surface area contributed by atoms with E-state index in [1.807, 2.05) is 12.1 Å². The van der Waals surface area contributed by atoms with Crippen LogP contribution in [0.3, 0.4) is 0 Å². The lowest BCUT2D eigenvalue weighted by Gasteiger charge is -2.30. The molecule has 2 aromatic rings. The number of aromatic nitrogens is 2. The molecular weight excluding hydrogens is 240 g/mol. The molecule has 0 spiro atoms. The summed E-state index contributed by atoms with van der Waals surface area (Å²) < 4.78 is 2.26. The van der Waals surface area contributed by atoms with E-state index in [0.717, 1.165) is 11.3 Å². The van der Waals surface area contributed by atoms with Gasteiger partial charge in [0.25, 0.3) is 0 Å². The maximum Gasteiger partial charge on any atom is 0.337 e. The van der Waals surface area contributed by atoms with Gasteiger partial charge in [-0.2, -0.15) is 0 Å². The fraction of sp³-hybridized carbons (Fsp3) is 0.467. The van der Waals surface area contributed by atoms with Gasteiger partial charge in [0.2, 0.25) is 0 Å². The summed E-state index contributed by atoms with van der Waals surface area (Å²) in [6, 6.07) is 5.92. The summed E-state index contributed by atoms with van der Waals surface area (Å²) in [4.78, 5) is 15.9. The number of benzene rings is 1. The second kappa shape index (κ2) is 4.37. The lowest BCUT2D eigenvalue weighted by molar-refractivity contribution is 0.0699. The van der Waals surface area contributed by atoms with Crippen molar-refractivity contribution >= 4 is 17.0 Å². The van der Waals surface area contributed by atoms with E-state index >= 15 is 0 Å². The number of hydrogen-bond donors (Lipinski definition) is 1. The first-order chi connectivity index (χ1) is 9.09. The van der Waals surface area contributed by atoms with Crippen LogP contribution in [0, 0.1) is 0 Å². The topological polar surface area (TPSA) is 55.1 Å². The van der Waals surface area contributed by atoms with Gasteiger partial charge in [0.1, 0.15) is 11.3 Å². The summed E-state index contributed by atoms with van der Waals surface area (Å²) in [5.41, 5.74) is 1.90. The van der Waals surface area contributed by atoms with Crippen molar-refractivity contribution in [3.8, 4) is 0 Å². The van der Waals surface area contributed by atoms with Crippen LogP contribution in [0.15, 0.2) is 18.2 Å². The maximum absolute atomic E-state index is 11.3. The Morgan fingerprint density at radius 1 is 1.42 bits per heavy atom. The van der Waals surface area contributed by atoms with Crippen LogP contribution >= 0.6 is 0 Å². The molecule has 1 N–H and O–H groups in total. The number of para-hydroxylation sites is 1. The van der Waals surface area contributed by atoms with E-state index in [9.17, 15) is 9.90 Å². The van der Waals surface area contributed by atoms with E-state index in [0.29, 0.717) is 23.0 Å². The Morgan fingerprint density at radius 3 is 2.68 bits per heavy atom. The van der Waals surface area contributed by atoms with Crippen molar-refractivity contribution in [1.82, 2.24) is 9.55 Å². The maximum atomic E-state index is 11.3. The van der Waals surface area contributed by atoms with Crippen molar-refractivity contribution < 1.29 is 9.90 Å². The Kier molecular flexibility index (Phi) is 2.81. The number of rotatable bonds is 3. The van der Waals surface area contributed by atoms with Crippen LogP contribution in [0.4, 0.5) is 0 Å². The lowest BCUT2D eigenvalue weighted by Crippen LogP contribution is -2.19. The van der Waals surface area contributed by atoms with E-state index < -0.39 is 5.97 Å². The van der Waals surface area contributed by atoms with Crippen LogP contribution in [-0.2, 0) is 0 Å². The van der Waals surface area contributed by atoms with E-state index in [4.69, 9.17) is 0 Å². The molecule has 1 aromatic carbocycles. The normalized spacial score (nSPS) is 15.9. The Balaban J connectivity index is 2.29. The highest BCUT2D eigenvalue weighted by atomic mass is 16.4. The Labute approximate surface area is 112 Å². The third-order valence-corrected chi connectivity index (χ3v) is 3.93. The molecule has 0 atom stereocenters. The van der Waals surface area contributed by atoms with Crippen molar-refractivity contribution in [1.29, 1.82) is 0 Å². The standard InChI is InChI=1S/C15H18N2O2/c1-9(2)14-16-13-11(15(18)19)7-4-8-12(13)17(14)10-5-3-6-10/h4,7-10H,3,5-6H2,1-2H3,(H,18,19). The van der Waals surface area contributed by atoms with E-state index in [1.54, 1.807) is 6.07 Å². The number of imidazole rings is 1. The molecule has 0 amide bonds. The molecule has 0 aliphatic heterocycles. The predicted molar refractivity (Wildman–Crippen MR) is 73.7 cm³/mol. The molecule has 0 saturated heterocycles. The first-order valence-electron chi connectivity index (χ1n) is 6.83. The minimum atomic E-state index is -0.904.